The average Bonchev–Trinajstić information content (AvgIpc) is 3.42. The molecule has 190 valence electrons. The molecule has 3 aromatic rings. The minimum Gasteiger partial charge on any atom is -0.371 e. The zero-order valence-electron chi connectivity index (χ0n) is 20.0. The Labute approximate surface area is 226 Å². The normalized spacial score (nSPS) is 20.7. The predicted octanol–water partition coefficient (Wildman–Crippen LogP) is 6.94. The fourth-order valence-electron chi connectivity index (χ4n) is 5.34. The number of aryl methyl sites for hydroxylation is 1. The molecule has 4 heterocycles. The van der Waals surface area contributed by atoms with Crippen molar-refractivity contribution < 1.29 is 13.2 Å². The van der Waals surface area contributed by atoms with Crippen LogP contribution in [-0.4, -0.2) is 47.3 Å². The van der Waals surface area contributed by atoms with E-state index in [9.17, 15) is 8.78 Å². The van der Waals surface area contributed by atoms with Crippen molar-refractivity contribution in [2.75, 3.05) is 36.0 Å². The second-order valence-electron chi connectivity index (χ2n) is 10.4. The molecule has 36 heavy (non-hydrogen) atoms. The molecule has 3 aliphatic rings. The first-order valence-corrected chi connectivity index (χ1v) is 14.3. The number of rotatable bonds is 4. The van der Waals surface area contributed by atoms with Gasteiger partial charge in [0.15, 0.2) is 16.6 Å². The first-order chi connectivity index (χ1) is 17.2. The third kappa shape index (κ3) is 4.70. The largest absolute Gasteiger partial charge is 0.371 e. The van der Waals surface area contributed by atoms with Crippen LogP contribution in [0.1, 0.15) is 44.2 Å². The summed E-state index contributed by atoms with van der Waals surface area (Å²) >= 11 is 3.69. The lowest BCUT2D eigenvalue weighted by atomic mass is 9.93. The van der Waals surface area contributed by atoms with Gasteiger partial charge in [-0.1, -0.05) is 11.3 Å². The molecule has 0 amide bonds. The number of pyridine rings is 1. The van der Waals surface area contributed by atoms with Gasteiger partial charge in [-0.25, -0.2) is 18.2 Å². The van der Waals surface area contributed by atoms with E-state index < -0.39 is 11.7 Å². The number of nitrogens with zero attached hydrogens (tertiary/aromatic N) is 5. The number of hydrogen-bond acceptors (Lipinski definition) is 6. The molecule has 1 saturated carbocycles. The number of hydrogen-bond donors (Lipinski definition) is 0. The summed E-state index contributed by atoms with van der Waals surface area (Å²) in [5.74, 6) is -3.11. The summed E-state index contributed by atoms with van der Waals surface area (Å²) in [6.45, 7) is 4.01. The lowest BCUT2D eigenvalue weighted by Gasteiger charge is -2.35. The first kappa shape index (κ1) is 24.4. The number of anilines is 2. The van der Waals surface area contributed by atoms with E-state index in [0.29, 0.717) is 21.7 Å². The van der Waals surface area contributed by atoms with Gasteiger partial charge in [0.05, 0.1) is 5.56 Å². The van der Waals surface area contributed by atoms with Gasteiger partial charge in [-0.15, -0.1) is 10.2 Å². The van der Waals surface area contributed by atoms with E-state index in [1.54, 1.807) is 17.9 Å². The smallest absolute Gasteiger partial charge is 0.251 e. The topological polar surface area (TPSA) is 45.2 Å². The number of halogens is 4. The molecule has 5 nitrogen and oxygen atoms in total. The molecule has 1 spiro atoms. The van der Waals surface area contributed by atoms with Gasteiger partial charge in [-0.2, -0.15) is 0 Å². The molecule has 0 atom stereocenters. The van der Waals surface area contributed by atoms with Gasteiger partial charge in [0.25, 0.3) is 5.92 Å². The van der Waals surface area contributed by atoms with E-state index in [-0.39, 0.29) is 31.7 Å². The molecule has 10 heteroatoms. The maximum Gasteiger partial charge on any atom is 0.251 e. The zero-order chi connectivity index (χ0) is 25.1. The van der Waals surface area contributed by atoms with Gasteiger partial charge in [-0.3, -0.25) is 0 Å². The van der Waals surface area contributed by atoms with E-state index in [1.807, 2.05) is 0 Å². The van der Waals surface area contributed by atoms with Crippen LogP contribution >= 0.6 is 33.9 Å². The van der Waals surface area contributed by atoms with E-state index in [2.05, 4.69) is 60.9 Å². The molecule has 2 aliphatic heterocycles. The molecule has 2 saturated heterocycles. The van der Waals surface area contributed by atoms with Gasteiger partial charge in [0.1, 0.15) is 5.01 Å². The zero-order valence-corrected chi connectivity index (χ0v) is 23.0. The molecular weight excluding hydrogens is 598 g/mol. The number of aromatic nitrogens is 3. The maximum absolute atomic E-state index is 15.7. The van der Waals surface area contributed by atoms with Crippen molar-refractivity contribution in [1.29, 1.82) is 0 Å². The molecule has 2 aromatic heterocycles. The first-order valence-electron chi connectivity index (χ1n) is 12.4. The van der Waals surface area contributed by atoms with E-state index >= 15 is 4.39 Å². The van der Waals surface area contributed by atoms with Crippen LogP contribution in [0.5, 0.6) is 0 Å². The van der Waals surface area contributed by atoms with Crippen LogP contribution in [0.25, 0.3) is 21.1 Å². The van der Waals surface area contributed by atoms with Crippen LogP contribution in [-0.2, 0) is 0 Å². The van der Waals surface area contributed by atoms with E-state index in [1.165, 1.54) is 37.0 Å². The second kappa shape index (κ2) is 9.11. The lowest BCUT2D eigenvalue weighted by Crippen LogP contribution is -2.40. The second-order valence-corrected chi connectivity index (χ2v) is 12.6. The van der Waals surface area contributed by atoms with Crippen LogP contribution < -0.4 is 9.80 Å². The highest BCUT2D eigenvalue weighted by molar-refractivity contribution is 14.1. The fourth-order valence-corrected chi connectivity index (χ4v) is 6.70. The third-order valence-electron chi connectivity index (χ3n) is 7.83. The highest BCUT2D eigenvalue weighted by Crippen LogP contribution is 2.54. The van der Waals surface area contributed by atoms with Crippen LogP contribution in [0.3, 0.4) is 0 Å². The maximum atomic E-state index is 15.7. The number of alkyl halides is 2. The molecule has 0 radical (unpaired) electrons. The predicted molar refractivity (Wildman–Crippen MR) is 145 cm³/mol. The summed E-state index contributed by atoms with van der Waals surface area (Å²) in [6.07, 6.45) is 4.58. The minimum atomic E-state index is -2.70. The molecular formula is C26H27F3IN5S. The van der Waals surface area contributed by atoms with Crippen molar-refractivity contribution in [3.63, 3.8) is 0 Å². The Morgan fingerprint density at radius 2 is 1.50 bits per heavy atom. The summed E-state index contributed by atoms with van der Waals surface area (Å²) < 4.78 is 44.1. The van der Waals surface area contributed by atoms with Gasteiger partial charge < -0.3 is 9.80 Å². The molecule has 6 rings (SSSR count). The molecule has 0 N–H and O–H groups in total. The Morgan fingerprint density at radius 3 is 2.17 bits per heavy atom. The summed E-state index contributed by atoms with van der Waals surface area (Å²) in [4.78, 5) is 8.42. The molecule has 1 aliphatic carbocycles. The van der Waals surface area contributed by atoms with Gasteiger partial charge in [-0.05, 0) is 84.9 Å². The number of benzene rings is 1. The fraction of sp³-hybridized carbons (Fsp3) is 0.500. The van der Waals surface area contributed by atoms with Crippen LogP contribution in [0.2, 0.25) is 0 Å². The monoisotopic (exact) mass is 625 g/mol. The Bertz CT molecular complexity index is 1290. The lowest BCUT2D eigenvalue weighted by molar-refractivity contribution is -0.0222. The average molecular weight is 626 g/mol. The Morgan fingerprint density at radius 1 is 0.861 bits per heavy atom. The third-order valence-corrected chi connectivity index (χ3v) is 9.49. The van der Waals surface area contributed by atoms with Crippen molar-refractivity contribution in [3.8, 4) is 21.1 Å². The van der Waals surface area contributed by atoms with Crippen molar-refractivity contribution in [2.24, 2.45) is 5.41 Å². The van der Waals surface area contributed by atoms with Gasteiger partial charge in [0.2, 0.25) is 0 Å². The highest BCUT2D eigenvalue weighted by atomic mass is 127. The summed E-state index contributed by atoms with van der Waals surface area (Å²) in [6, 6.07) is 8.00. The Hall–Kier alpha value is -1.95. The summed E-state index contributed by atoms with van der Waals surface area (Å²) in [5, 5.41) is 10.0. The van der Waals surface area contributed by atoms with Gasteiger partial charge >= 0.3 is 0 Å². The van der Waals surface area contributed by atoms with Crippen molar-refractivity contribution in [1.82, 2.24) is 15.2 Å². The van der Waals surface area contributed by atoms with Gasteiger partial charge in [0, 0.05) is 59.5 Å². The quantitative estimate of drug-likeness (QED) is 0.294. The molecule has 0 bridgehead atoms. The van der Waals surface area contributed by atoms with Crippen LogP contribution in [0.15, 0.2) is 24.3 Å². The van der Waals surface area contributed by atoms with E-state index in [0.717, 1.165) is 32.9 Å². The van der Waals surface area contributed by atoms with Crippen LogP contribution in [0.4, 0.5) is 24.7 Å². The van der Waals surface area contributed by atoms with Crippen molar-refractivity contribution in [2.45, 2.75) is 51.4 Å². The highest BCUT2D eigenvalue weighted by Gasteiger charge is 2.44. The van der Waals surface area contributed by atoms with Crippen molar-refractivity contribution in [3.05, 3.63) is 39.3 Å². The van der Waals surface area contributed by atoms with Crippen LogP contribution in [0, 0.1) is 21.7 Å². The molecule has 0 unspecified atom stereocenters. The van der Waals surface area contributed by atoms with E-state index in [4.69, 9.17) is 0 Å². The summed E-state index contributed by atoms with van der Waals surface area (Å²) in [7, 11) is 0. The SMILES string of the molecule is Cc1cc(-c2nnc(-c3ccc(I)cc3N3CCC4(CC3)CC4)s2)c(F)c(N2CCC(F)(F)CC2)n1. The summed E-state index contributed by atoms with van der Waals surface area (Å²) in [5.41, 5.74) is 3.69. The number of piperidine rings is 2. The standard InChI is InChI=1S/C26H27F3IN5S/c1-16-14-19(21(27)22(31-16)35-12-8-26(28,29)9-13-35)24-33-32-23(36-24)18-3-2-17(30)15-20(18)34-10-6-25(4-5-25)7-11-34/h2-3,14-15H,4-13H2,1H3. The molecule has 3 fully saturated rings. The molecule has 1 aromatic carbocycles. The Balaban J connectivity index is 1.31. The Kier molecular flexibility index (Phi) is 6.17. The van der Waals surface area contributed by atoms with Crippen molar-refractivity contribution >= 4 is 45.4 Å². The minimum absolute atomic E-state index is 0.0737.